The maximum Gasteiger partial charge on any atom is 0.119 e. The molecule has 0 amide bonds. The molecule has 2 aromatic carbocycles. The van der Waals surface area contributed by atoms with E-state index in [1.807, 2.05) is 30.3 Å². The highest BCUT2D eigenvalue weighted by Crippen LogP contribution is 2.26. The van der Waals surface area contributed by atoms with Crippen molar-refractivity contribution in [3.05, 3.63) is 65.2 Å². The molecule has 0 fully saturated rings. The van der Waals surface area contributed by atoms with Gasteiger partial charge in [0, 0.05) is 12.8 Å². The molecule has 1 unspecified atom stereocenters. The van der Waals surface area contributed by atoms with Gasteiger partial charge in [-0.1, -0.05) is 43.3 Å². The van der Waals surface area contributed by atoms with Crippen LogP contribution in [0.25, 0.3) is 0 Å². The minimum absolute atomic E-state index is 0.300. The lowest BCUT2D eigenvalue weighted by molar-refractivity contribution is 0.214. The molecule has 0 N–H and O–H groups in total. The van der Waals surface area contributed by atoms with E-state index in [0.29, 0.717) is 6.10 Å². The Morgan fingerprint density at radius 1 is 1.00 bits per heavy atom. The summed E-state index contributed by atoms with van der Waals surface area (Å²) >= 11 is 0. The molecule has 0 radical (unpaired) electrons. The summed E-state index contributed by atoms with van der Waals surface area (Å²) in [6.07, 6.45) is 3.48. The maximum absolute atomic E-state index is 6.03. The van der Waals surface area contributed by atoms with Crippen molar-refractivity contribution in [3.8, 4) is 5.75 Å². The number of benzene rings is 2. The molecule has 1 aliphatic rings. The van der Waals surface area contributed by atoms with Gasteiger partial charge in [0.05, 0.1) is 0 Å². The number of para-hydroxylation sites is 1. The van der Waals surface area contributed by atoms with Crippen molar-refractivity contribution in [2.45, 2.75) is 32.3 Å². The SMILES string of the molecule is CCc1ccc2c(c1)CC(Oc1ccccc1)C2. The first kappa shape index (κ1) is 11.3. The van der Waals surface area contributed by atoms with E-state index < -0.39 is 0 Å². The molecule has 18 heavy (non-hydrogen) atoms. The van der Waals surface area contributed by atoms with Crippen LogP contribution in [0.5, 0.6) is 5.75 Å². The van der Waals surface area contributed by atoms with Crippen LogP contribution in [0.2, 0.25) is 0 Å². The van der Waals surface area contributed by atoms with Crippen LogP contribution in [-0.4, -0.2) is 6.10 Å². The zero-order valence-corrected chi connectivity index (χ0v) is 10.7. The third-order valence-electron chi connectivity index (χ3n) is 3.62. The molecular weight excluding hydrogens is 220 g/mol. The summed E-state index contributed by atoms with van der Waals surface area (Å²) in [5.74, 6) is 0.978. The third-order valence-corrected chi connectivity index (χ3v) is 3.62. The van der Waals surface area contributed by atoms with Gasteiger partial charge in [-0.3, -0.25) is 0 Å². The fourth-order valence-electron chi connectivity index (χ4n) is 2.63. The molecule has 0 bridgehead atoms. The van der Waals surface area contributed by atoms with Crippen LogP contribution in [0.1, 0.15) is 23.6 Å². The molecule has 0 saturated carbocycles. The largest absolute Gasteiger partial charge is 0.490 e. The van der Waals surface area contributed by atoms with E-state index in [1.165, 1.54) is 16.7 Å². The highest BCUT2D eigenvalue weighted by atomic mass is 16.5. The summed E-state index contributed by atoms with van der Waals surface area (Å²) in [6, 6.07) is 17.0. The highest BCUT2D eigenvalue weighted by molar-refractivity contribution is 5.37. The standard InChI is InChI=1S/C17H18O/c1-2-13-8-9-14-11-17(12-15(14)10-13)18-16-6-4-3-5-7-16/h3-10,17H,2,11-12H2,1H3. The Kier molecular flexibility index (Phi) is 3.06. The lowest BCUT2D eigenvalue weighted by Crippen LogP contribution is -2.16. The van der Waals surface area contributed by atoms with Crippen molar-refractivity contribution in [1.82, 2.24) is 0 Å². The number of fused-ring (bicyclic) bond motifs is 1. The van der Waals surface area contributed by atoms with Gasteiger partial charge in [-0.15, -0.1) is 0 Å². The molecular formula is C17H18O. The lowest BCUT2D eigenvalue weighted by atomic mass is 10.1. The Morgan fingerprint density at radius 2 is 1.78 bits per heavy atom. The summed E-state index contributed by atoms with van der Waals surface area (Å²) in [5, 5.41) is 0. The molecule has 1 aliphatic carbocycles. The maximum atomic E-state index is 6.03. The van der Waals surface area contributed by atoms with Gasteiger partial charge < -0.3 is 4.74 Å². The van der Waals surface area contributed by atoms with Crippen molar-refractivity contribution in [1.29, 1.82) is 0 Å². The first-order valence-electron chi connectivity index (χ1n) is 6.67. The van der Waals surface area contributed by atoms with Gasteiger partial charge in [-0.05, 0) is 35.2 Å². The summed E-state index contributed by atoms with van der Waals surface area (Å²) in [6.45, 7) is 2.20. The van der Waals surface area contributed by atoms with E-state index in [2.05, 4.69) is 25.1 Å². The van der Waals surface area contributed by atoms with Gasteiger partial charge in [0.15, 0.2) is 0 Å². The van der Waals surface area contributed by atoms with Gasteiger partial charge in [0.1, 0.15) is 11.9 Å². The Bertz CT molecular complexity index is 531. The number of ether oxygens (including phenoxy) is 1. The van der Waals surface area contributed by atoms with Gasteiger partial charge in [-0.25, -0.2) is 0 Å². The van der Waals surface area contributed by atoms with E-state index in [-0.39, 0.29) is 0 Å². The summed E-state index contributed by atoms with van der Waals surface area (Å²) in [5.41, 5.74) is 4.34. The van der Waals surface area contributed by atoms with Crippen LogP contribution in [0, 0.1) is 0 Å². The Balaban J connectivity index is 1.73. The van der Waals surface area contributed by atoms with Crippen LogP contribution in [0.3, 0.4) is 0 Å². The molecule has 3 rings (SSSR count). The normalized spacial score (nSPS) is 17.5. The first-order chi connectivity index (χ1) is 8.85. The Morgan fingerprint density at radius 3 is 2.56 bits per heavy atom. The molecule has 2 aromatic rings. The van der Waals surface area contributed by atoms with Crippen LogP contribution in [0.4, 0.5) is 0 Å². The third kappa shape index (κ3) is 2.26. The minimum Gasteiger partial charge on any atom is -0.490 e. The van der Waals surface area contributed by atoms with E-state index in [4.69, 9.17) is 4.74 Å². The van der Waals surface area contributed by atoms with Crippen LogP contribution >= 0.6 is 0 Å². The molecule has 0 spiro atoms. The Hall–Kier alpha value is -1.76. The average molecular weight is 238 g/mol. The van der Waals surface area contributed by atoms with E-state index >= 15 is 0 Å². The van der Waals surface area contributed by atoms with Crippen LogP contribution in [-0.2, 0) is 19.3 Å². The monoisotopic (exact) mass is 238 g/mol. The predicted octanol–water partition coefficient (Wildman–Crippen LogP) is 3.80. The van der Waals surface area contributed by atoms with Crippen molar-refractivity contribution < 1.29 is 4.74 Å². The predicted molar refractivity (Wildman–Crippen MR) is 74.1 cm³/mol. The van der Waals surface area contributed by atoms with E-state index in [9.17, 15) is 0 Å². The lowest BCUT2D eigenvalue weighted by Gasteiger charge is -2.12. The summed E-state index contributed by atoms with van der Waals surface area (Å²) in [4.78, 5) is 0. The molecule has 1 nitrogen and oxygen atoms in total. The summed E-state index contributed by atoms with van der Waals surface area (Å²) in [7, 11) is 0. The number of rotatable bonds is 3. The number of hydrogen-bond acceptors (Lipinski definition) is 1. The molecule has 1 heteroatoms. The van der Waals surface area contributed by atoms with Crippen LogP contribution in [0.15, 0.2) is 48.5 Å². The molecule has 0 aromatic heterocycles. The quantitative estimate of drug-likeness (QED) is 0.790. The highest BCUT2D eigenvalue weighted by Gasteiger charge is 2.22. The van der Waals surface area contributed by atoms with Crippen LogP contribution < -0.4 is 4.74 Å². The fraction of sp³-hybridized carbons (Fsp3) is 0.294. The van der Waals surface area contributed by atoms with Gasteiger partial charge in [-0.2, -0.15) is 0 Å². The second-order valence-electron chi connectivity index (χ2n) is 4.92. The van der Waals surface area contributed by atoms with Gasteiger partial charge in [0.25, 0.3) is 0 Å². The van der Waals surface area contributed by atoms with E-state index in [1.54, 1.807) is 0 Å². The molecule has 92 valence electrons. The van der Waals surface area contributed by atoms with Crippen molar-refractivity contribution in [2.75, 3.05) is 0 Å². The van der Waals surface area contributed by atoms with Crippen molar-refractivity contribution in [2.24, 2.45) is 0 Å². The Labute approximate surface area is 108 Å². The molecule has 0 heterocycles. The number of hydrogen-bond donors (Lipinski definition) is 0. The minimum atomic E-state index is 0.300. The second kappa shape index (κ2) is 4.85. The van der Waals surface area contributed by atoms with Crippen molar-refractivity contribution >= 4 is 0 Å². The summed E-state index contributed by atoms with van der Waals surface area (Å²) < 4.78 is 6.03. The topological polar surface area (TPSA) is 9.23 Å². The van der Waals surface area contributed by atoms with Gasteiger partial charge in [0.2, 0.25) is 0 Å². The molecule has 1 atom stereocenters. The second-order valence-corrected chi connectivity index (χ2v) is 4.92. The van der Waals surface area contributed by atoms with Crippen molar-refractivity contribution in [3.63, 3.8) is 0 Å². The smallest absolute Gasteiger partial charge is 0.119 e. The zero-order valence-electron chi connectivity index (χ0n) is 10.7. The first-order valence-corrected chi connectivity index (χ1v) is 6.67. The molecule has 0 aliphatic heterocycles. The number of aryl methyl sites for hydroxylation is 1. The van der Waals surface area contributed by atoms with Gasteiger partial charge >= 0.3 is 0 Å². The zero-order chi connectivity index (χ0) is 12.4. The average Bonchev–Trinajstić information content (AvgIpc) is 2.80. The van der Waals surface area contributed by atoms with E-state index in [0.717, 1.165) is 25.0 Å². The fourth-order valence-corrected chi connectivity index (χ4v) is 2.63. The molecule has 0 saturated heterocycles.